The topological polar surface area (TPSA) is 171 Å². The highest BCUT2D eigenvalue weighted by atomic mass is 32.2. The van der Waals surface area contributed by atoms with Crippen LogP contribution in [0.2, 0.25) is 0 Å². The first kappa shape index (κ1) is 27.8. The molecule has 40 heavy (non-hydrogen) atoms. The molecule has 0 radical (unpaired) electrons. The number of hydrogen-bond acceptors (Lipinski definition) is 10. The predicted molar refractivity (Wildman–Crippen MR) is 145 cm³/mol. The van der Waals surface area contributed by atoms with E-state index < -0.39 is 44.8 Å². The van der Waals surface area contributed by atoms with E-state index in [4.69, 9.17) is 9.47 Å². The molecular formula is C26H20N4O9S. The van der Waals surface area contributed by atoms with Crippen molar-refractivity contribution in [2.75, 3.05) is 18.5 Å². The Morgan fingerprint density at radius 1 is 0.975 bits per heavy atom. The van der Waals surface area contributed by atoms with Gasteiger partial charge in [0.15, 0.2) is 0 Å². The SMILES string of the molecule is CCOc1ccc(NC(=O)CN2C(=O)S/C(=C/c3ccc(Oc4ccc([N+](=O)[O-])cc4[N+](=O)[O-])cc3)C2=O)cc1. The second kappa shape index (κ2) is 12.1. The Kier molecular flexibility index (Phi) is 8.39. The zero-order valence-corrected chi connectivity index (χ0v) is 21.6. The third kappa shape index (κ3) is 6.60. The quantitative estimate of drug-likeness (QED) is 0.192. The summed E-state index contributed by atoms with van der Waals surface area (Å²) in [5.74, 6) is -0.516. The number of thioether (sulfide) groups is 1. The summed E-state index contributed by atoms with van der Waals surface area (Å²) in [6, 6.07) is 15.7. The van der Waals surface area contributed by atoms with Crippen LogP contribution in [0.3, 0.4) is 0 Å². The summed E-state index contributed by atoms with van der Waals surface area (Å²) in [7, 11) is 0. The fraction of sp³-hybridized carbons (Fsp3) is 0.115. The van der Waals surface area contributed by atoms with Crippen molar-refractivity contribution in [3.05, 3.63) is 97.4 Å². The van der Waals surface area contributed by atoms with Gasteiger partial charge in [-0.1, -0.05) is 12.1 Å². The summed E-state index contributed by atoms with van der Waals surface area (Å²) in [5.41, 5.74) is -0.0114. The van der Waals surface area contributed by atoms with E-state index in [0.29, 0.717) is 35.4 Å². The number of ether oxygens (including phenoxy) is 2. The number of imide groups is 1. The van der Waals surface area contributed by atoms with Crippen molar-refractivity contribution >= 4 is 52.0 Å². The second-order valence-electron chi connectivity index (χ2n) is 8.11. The molecule has 1 aliphatic rings. The zero-order valence-electron chi connectivity index (χ0n) is 20.8. The van der Waals surface area contributed by atoms with E-state index in [1.807, 2.05) is 6.92 Å². The van der Waals surface area contributed by atoms with Gasteiger partial charge >= 0.3 is 5.69 Å². The lowest BCUT2D eigenvalue weighted by molar-refractivity contribution is -0.394. The molecule has 1 fully saturated rings. The molecule has 204 valence electrons. The van der Waals surface area contributed by atoms with Crippen LogP contribution in [0.25, 0.3) is 6.08 Å². The lowest BCUT2D eigenvalue weighted by atomic mass is 10.2. The van der Waals surface area contributed by atoms with Crippen molar-refractivity contribution in [3.8, 4) is 17.2 Å². The van der Waals surface area contributed by atoms with Gasteiger partial charge in [0, 0.05) is 11.8 Å². The lowest BCUT2D eigenvalue weighted by Gasteiger charge is -2.12. The van der Waals surface area contributed by atoms with Gasteiger partial charge in [-0.25, -0.2) is 0 Å². The fourth-order valence-electron chi connectivity index (χ4n) is 3.54. The molecule has 13 nitrogen and oxygen atoms in total. The van der Waals surface area contributed by atoms with Crippen LogP contribution in [0.15, 0.2) is 71.6 Å². The van der Waals surface area contributed by atoms with Crippen molar-refractivity contribution in [1.82, 2.24) is 4.90 Å². The molecule has 1 N–H and O–H groups in total. The van der Waals surface area contributed by atoms with Crippen LogP contribution in [0, 0.1) is 20.2 Å². The minimum atomic E-state index is -0.786. The van der Waals surface area contributed by atoms with Crippen molar-refractivity contribution in [2.24, 2.45) is 0 Å². The molecule has 3 aromatic rings. The Bertz CT molecular complexity index is 1520. The number of nitrogens with zero attached hydrogens (tertiary/aromatic N) is 3. The minimum absolute atomic E-state index is 0.110. The smallest absolute Gasteiger partial charge is 0.318 e. The van der Waals surface area contributed by atoms with Crippen LogP contribution < -0.4 is 14.8 Å². The Morgan fingerprint density at radius 3 is 2.27 bits per heavy atom. The maximum atomic E-state index is 12.8. The Labute approximate surface area is 230 Å². The monoisotopic (exact) mass is 564 g/mol. The number of nitrogens with one attached hydrogen (secondary N) is 1. The number of hydrogen-bond donors (Lipinski definition) is 1. The molecular weight excluding hydrogens is 544 g/mol. The summed E-state index contributed by atoms with van der Waals surface area (Å²) in [6.45, 7) is 1.89. The van der Waals surface area contributed by atoms with Gasteiger partial charge in [-0.3, -0.25) is 39.5 Å². The number of rotatable bonds is 10. The van der Waals surface area contributed by atoms with Crippen molar-refractivity contribution in [2.45, 2.75) is 6.92 Å². The Hall–Kier alpha value is -5.24. The van der Waals surface area contributed by atoms with Gasteiger partial charge in [-0.05, 0) is 72.8 Å². The molecule has 0 aromatic heterocycles. The van der Waals surface area contributed by atoms with Gasteiger partial charge in [0.25, 0.3) is 16.8 Å². The maximum Gasteiger partial charge on any atom is 0.318 e. The average molecular weight is 565 g/mol. The van der Waals surface area contributed by atoms with E-state index in [0.717, 1.165) is 23.1 Å². The highest BCUT2D eigenvalue weighted by Crippen LogP contribution is 2.35. The van der Waals surface area contributed by atoms with Crippen molar-refractivity contribution < 1.29 is 33.7 Å². The normalized spacial score (nSPS) is 13.8. The van der Waals surface area contributed by atoms with Crippen LogP contribution in [0.5, 0.6) is 17.2 Å². The predicted octanol–water partition coefficient (Wildman–Crippen LogP) is 5.37. The Morgan fingerprint density at radius 2 is 1.65 bits per heavy atom. The summed E-state index contributed by atoms with van der Waals surface area (Å²) in [4.78, 5) is 59.3. The molecule has 1 aliphatic heterocycles. The number of anilines is 1. The van der Waals surface area contributed by atoms with E-state index in [-0.39, 0.29) is 16.4 Å². The standard InChI is InChI=1S/C26H20N4O9S/c1-2-38-19-10-5-17(6-11-19)27-24(31)15-28-25(32)23(40-26(28)33)13-16-3-8-20(9-4-16)39-22-12-7-18(29(34)35)14-21(22)30(36)37/h3-14H,2,15H2,1H3,(H,27,31)/b23-13+. The molecule has 1 heterocycles. The van der Waals surface area contributed by atoms with Crippen LogP contribution >= 0.6 is 11.8 Å². The number of amides is 3. The van der Waals surface area contributed by atoms with Crippen molar-refractivity contribution in [1.29, 1.82) is 0 Å². The molecule has 4 rings (SSSR count). The summed E-state index contributed by atoms with van der Waals surface area (Å²) in [5, 5.41) is 24.3. The maximum absolute atomic E-state index is 12.8. The number of nitro groups is 2. The number of carbonyl (C=O) groups excluding carboxylic acids is 3. The van der Waals surface area contributed by atoms with Gasteiger partial charge in [0.1, 0.15) is 18.0 Å². The molecule has 0 spiro atoms. The summed E-state index contributed by atoms with van der Waals surface area (Å²) < 4.78 is 10.9. The molecule has 3 aromatic carbocycles. The molecule has 0 aliphatic carbocycles. The van der Waals surface area contributed by atoms with Gasteiger partial charge in [0.05, 0.1) is 27.4 Å². The fourth-order valence-corrected chi connectivity index (χ4v) is 4.38. The molecule has 3 amide bonds. The molecule has 0 saturated carbocycles. The third-order valence-electron chi connectivity index (χ3n) is 5.38. The molecule has 1 saturated heterocycles. The van der Waals surface area contributed by atoms with Crippen LogP contribution in [-0.4, -0.2) is 45.0 Å². The van der Waals surface area contributed by atoms with Crippen molar-refractivity contribution in [3.63, 3.8) is 0 Å². The van der Waals surface area contributed by atoms with Crippen LogP contribution in [-0.2, 0) is 9.59 Å². The number of non-ortho nitro benzene ring substituents is 1. The number of benzene rings is 3. The Balaban J connectivity index is 1.40. The number of carbonyl (C=O) groups is 3. The first-order valence-corrected chi connectivity index (χ1v) is 12.4. The molecule has 0 bridgehead atoms. The van der Waals surface area contributed by atoms with Gasteiger partial charge in [-0.15, -0.1) is 0 Å². The first-order chi connectivity index (χ1) is 19.1. The number of nitro benzene ring substituents is 2. The van der Waals surface area contributed by atoms with Crippen LogP contribution in [0.4, 0.5) is 21.9 Å². The van der Waals surface area contributed by atoms with E-state index in [2.05, 4.69) is 5.32 Å². The average Bonchev–Trinajstić information content (AvgIpc) is 3.18. The van der Waals surface area contributed by atoms with E-state index in [1.165, 1.54) is 18.2 Å². The van der Waals surface area contributed by atoms with E-state index >= 15 is 0 Å². The second-order valence-corrected chi connectivity index (χ2v) is 9.10. The van der Waals surface area contributed by atoms with Gasteiger partial charge in [-0.2, -0.15) is 0 Å². The molecule has 0 unspecified atom stereocenters. The lowest BCUT2D eigenvalue weighted by Crippen LogP contribution is -2.36. The van der Waals surface area contributed by atoms with E-state index in [1.54, 1.807) is 36.4 Å². The van der Waals surface area contributed by atoms with Crippen LogP contribution in [0.1, 0.15) is 12.5 Å². The molecule has 14 heteroatoms. The molecule has 0 atom stereocenters. The zero-order chi connectivity index (χ0) is 28.8. The van der Waals surface area contributed by atoms with Gasteiger partial charge in [0.2, 0.25) is 11.7 Å². The highest BCUT2D eigenvalue weighted by molar-refractivity contribution is 8.18. The minimum Gasteiger partial charge on any atom is -0.494 e. The third-order valence-corrected chi connectivity index (χ3v) is 6.29. The summed E-state index contributed by atoms with van der Waals surface area (Å²) in [6.07, 6.45) is 1.47. The highest BCUT2D eigenvalue weighted by Gasteiger charge is 2.36. The first-order valence-electron chi connectivity index (χ1n) is 11.6. The van der Waals surface area contributed by atoms with E-state index in [9.17, 15) is 34.6 Å². The largest absolute Gasteiger partial charge is 0.494 e. The summed E-state index contributed by atoms with van der Waals surface area (Å²) >= 11 is 0.689. The van der Waals surface area contributed by atoms with Gasteiger partial charge < -0.3 is 14.8 Å².